The summed E-state index contributed by atoms with van der Waals surface area (Å²) < 4.78 is 1.83. The highest BCUT2D eigenvalue weighted by Crippen LogP contribution is 2.24. The van der Waals surface area contributed by atoms with Gasteiger partial charge in [-0.15, -0.1) is 0 Å². The van der Waals surface area contributed by atoms with E-state index in [-0.39, 0.29) is 43.8 Å². The highest BCUT2D eigenvalue weighted by molar-refractivity contribution is 5.95. The van der Waals surface area contributed by atoms with Crippen LogP contribution in [0.1, 0.15) is 12.8 Å². The molecule has 0 saturated carbocycles. The Morgan fingerprint density at radius 3 is 1.93 bits per heavy atom. The fraction of sp³-hybridized carbons (Fsp3) is 0.286. The van der Waals surface area contributed by atoms with Gasteiger partial charge in [0.15, 0.2) is 11.0 Å². The first kappa shape index (κ1) is 18.2. The molecule has 144 valence electrons. The average molecular weight is 380 g/mol. The summed E-state index contributed by atoms with van der Waals surface area (Å²) in [7, 11) is 0. The van der Waals surface area contributed by atoms with E-state index in [1.54, 1.807) is 29.2 Å². The van der Waals surface area contributed by atoms with E-state index in [0.29, 0.717) is 21.8 Å². The number of rotatable bonds is 3. The molecule has 1 saturated heterocycles. The zero-order valence-electron chi connectivity index (χ0n) is 15.2. The molecule has 0 aliphatic carbocycles. The summed E-state index contributed by atoms with van der Waals surface area (Å²) in [5, 5.41) is 20.3. The number of aliphatic hydroxyl groups is 1. The summed E-state index contributed by atoms with van der Waals surface area (Å²) in [5.41, 5.74) is -0.482. The molecule has 0 atom stereocenters. The van der Waals surface area contributed by atoms with E-state index in [4.69, 9.17) is 5.11 Å². The van der Waals surface area contributed by atoms with Crippen molar-refractivity contribution in [2.75, 3.05) is 13.1 Å². The molecule has 1 amide bonds. The molecule has 1 aliphatic rings. The number of aromatic nitrogens is 1. The lowest BCUT2D eigenvalue weighted by Crippen LogP contribution is -2.51. The van der Waals surface area contributed by atoms with Crippen molar-refractivity contribution >= 4 is 33.7 Å². The minimum atomic E-state index is -1.77. The fourth-order valence-corrected chi connectivity index (χ4v) is 3.82. The first-order valence-electron chi connectivity index (χ1n) is 9.14. The minimum Gasteiger partial charge on any atom is -0.479 e. The topological polar surface area (TPSA) is 99.8 Å². The van der Waals surface area contributed by atoms with E-state index in [1.165, 1.54) is 0 Å². The van der Waals surface area contributed by atoms with Crippen molar-refractivity contribution in [2.45, 2.75) is 25.0 Å². The molecule has 1 fully saturated rings. The standard InChI is InChI=1S/C21H20N2O5/c24-18(22-11-9-21(28,10-12-22)20(26)27)13-23-16-7-3-1-5-14(16)19(25)15-6-2-4-8-17(15)23/h1-8,28H,9-13H2,(H,26,27). The number of hydrogen-bond donors (Lipinski definition) is 2. The predicted molar refractivity (Wildman–Crippen MR) is 104 cm³/mol. The number of hydrogen-bond acceptors (Lipinski definition) is 4. The Hall–Kier alpha value is -3.19. The largest absolute Gasteiger partial charge is 0.479 e. The van der Waals surface area contributed by atoms with Crippen LogP contribution in [-0.2, 0) is 16.1 Å². The normalized spacial score (nSPS) is 16.4. The molecule has 2 N–H and O–H groups in total. The number of pyridine rings is 1. The summed E-state index contributed by atoms with van der Waals surface area (Å²) in [6.45, 7) is 0.391. The molecule has 1 aliphatic heterocycles. The molecule has 1 aromatic heterocycles. The van der Waals surface area contributed by atoms with Crippen LogP contribution >= 0.6 is 0 Å². The van der Waals surface area contributed by atoms with Gasteiger partial charge >= 0.3 is 5.97 Å². The summed E-state index contributed by atoms with van der Waals surface area (Å²) >= 11 is 0. The predicted octanol–water partition coefficient (Wildman–Crippen LogP) is 1.59. The van der Waals surface area contributed by atoms with E-state index >= 15 is 0 Å². The Kier molecular flexibility index (Phi) is 4.39. The lowest BCUT2D eigenvalue weighted by Gasteiger charge is -2.35. The molecule has 0 radical (unpaired) electrons. The van der Waals surface area contributed by atoms with E-state index < -0.39 is 11.6 Å². The van der Waals surface area contributed by atoms with E-state index in [2.05, 4.69) is 0 Å². The third-order valence-corrected chi connectivity index (χ3v) is 5.51. The summed E-state index contributed by atoms with van der Waals surface area (Å²) in [5.74, 6) is -1.43. The Labute approximate surface area is 160 Å². The smallest absolute Gasteiger partial charge is 0.335 e. The number of carboxylic acid groups (broad SMARTS) is 1. The number of fused-ring (bicyclic) bond motifs is 2. The fourth-order valence-electron chi connectivity index (χ4n) is 3.82. The van der Waals surface area contributed by atoms with Gasteiger partial charge in [0, 0.05) is 36.7 Å². The maximum absolute atomic E-state index is 12.9. The second kappa shape index (κ2) is 6.76. The SMILES string of the molecule is O=C(Cn1c2ccccc2c(=O)c2ccccc21)N1CCC(O)(C(=O)O)CC1. The van der Waals surface area contributed by atoms with E-state index in [0.717, 1.165) is 0 Å². The maximum atomic E-state index is 12.9. The van der Waals surface area contributed by atoms with Gasteiger partial charge in [0.2, 0.25) is 5.91 Å². The van der Waals surface area contributed by atoms with Gasteiger partial charge in [0.1, 0.15) is 6.54 Å². The Balaban J connectivity index is 1.70. The molecule has 0 bridgehead atoms. The molecular formula is C21H20N2O5. The monoisotopic (exact) mass is 380 g/mol. The van der Waals surface area contributed by atoms with Crippen molar-refractivity contribution in [2.24, 2.45) is 0 Å². The summed E-state index contributed by atoms with van der Waals surface area (Å²) in [6.07, 6.45) is -0.000529. The van der Waals surface area contributed by atoms with Crippen molar-refractivity contribution in [3.05, 3.63) is 58.8 Å². The second-order valence-electron chi connectivity index (χ2n) is 7.17. The van der Waals surface area contributed by atoms with Gasteiger partial charge in [-0.3, -0.25) is 9.59 Å². The first-order valence-corrected chi connectivity index (χ1v) is 9.14. The lowest BCUT2D eigenvalue weighted by molar-refractivity contribution is -0.165. The Morgan fingerprint density at radius 1 is 0.929 bits per heavy atom. The molecule has 2 aromatic carbocycles. The molecule has 28 heavy (non-hydrogen) atoms. The van der Waals surface area contributed by atoms with Crippen LogP contribution < -0.4 is 5.43 Å². The highest BCUT2D eigenvalue weighted by Gasteiger charge is 2.40. The van der Waals surface area contributed by atoms with Crippen LogP contribution in [0.25, 0.3) is 21.8 Å². The van der Waals surface area contributed by atoms with Crippen LogP contribution in [0, 0.1) is 0 Å². The average Bonchev–Trinajstić information content (AvgIpc) is 2.71. The van der Waals surface area contributed by atoms with Crippen LogP contribution in [0.15, 0.2) is 53.3 Å². The molecule has 2 heterocycles. The Bertz CT molecular complexity index is 1080. The van der Waals surface area contributed by atoms with Gasteiger partial charge in [-0.2, -0.15) is 0 Å². The molecule has 0 unspecified atom stereocenters. The van der Waals surface area contributed by atoms with E-state index in [1.807, 2.05) is 28.8 Å². The molecule has 0 spiro atoms. The van der Waals surface area contributed by atoms with Crippen molar-refractivity contribution in [3.8, 4) is 0 Å². The number of benzene rings is 2. The van der Waals surface area contributed by atoms with Gasteiger partial charge in [0.25, 0.3) is 0 Å². The molecule has 7 nitrogen and oxygen atoms in total. The number of piperidine rings is 1. The third kappa shape index (κ3) is 2.93. The van der Waals surface area contributed by atoms with Gasteiger partial charge in [0.05, 0.1) is 11.0 Å². The second-order valence-corrected chi connectivity index (χ2v) is 7.17. The molecule has 7 heteroatoms. The van der Waals surface area contributed by atoms with Gasteiger partial charge in [-0.25, -0.2) is 4.79 Å². The summed E-state index contributed by atoms with van der Waals surface area (Å²) in [6, 6.07) is 14.4. The van der Waals surface area contributed by atoms with Crippen LogP contribution in [0.5, 0.6) is 0 Å². The molecular weight excluding hydrogens is 360 g/mol. The Morgan fingerprint density at radius 2 is 1.43 bits per heavy atom. The van der Waals surface area contributed by atoms with Crippen molar-refractivity contribution in [3.63, 3.8) is 0 Å². The van der Waals surface area contributed by atoms with Crippen molar-refractivity contribution in [1.82, 2.24) is 9.47 Å². The number of carbonyl (C=O) groups is 2. The van der Waals surface area contributed by atoms with Crippen LogP contribution in [0.2, 0.25) is 0 Å². The quantitative estimate of drug-likeness (QED) is 0.672. The number of nitrogens with zero attached hydrogens (tertiary/aromatic N) is 2. The highest BCUT2D eigenvalue weighted by atomic mass is 16.4. The molecule has 4 rings (SSSR count). The third-order valence-electron chi connectivity index (χ3n) is 5.51. The van der Waals surface area contributed by atoms with Crippen LogP contribution in [0.3, 0.4) is 0 Å². The minimum absolute atomic E-state index is 0.000265. The van der Waals surface area contributed by atoms with Crippen LogP contribution in [0.4, 0.5) is 0 Å². The van der Waals surface area contributed by atoms with Crippen molar-refractivity contribution in [1.29, 1.82) is 0 Å². The van der Waals surface area contributed by atoms with E-state index in [9.17, 15) is 19.5 Å². The van der Waals surface area contributed by atoms with Crippen molar-refractivity contribution < 1.29 is 19.8 Å². The number of carbonyl (C=O) groups excluding carboxylic acids is 1. The van der Waals surface area contributed by atoms with Gasteiger partial charge in [-0.05, 0) is 24.3 Å². The zero-order valence-corrected chi connectivity index (χ0v) is 15.2. The zero-order chi connectivity index (χ0) is 19.9. The van der Waals surface area contributed by atoms with Crippen LogP contribution in [-0.4, -0.2) is 50.2 Å². The lowest BCUT2D eigenvalue weighted by atomic mass is 9.91. The summed E-state index contributed by atoms with van der Waals surface area (Å²) in [4.78, 5) is 38.4. The number of amides is 1. The number of para-hydroxylation sites is 2. The van der Waals surface area contributed by atoms with Gasteiger partial charge in [-0.1, -0.05) is 24.3 Å². The maximum Gasteiger partial charge on any atom is 0.335 e. The molecule has 3 aromatic rings. The first-order chi connectivity index (χ1) is 13.4. The number of likely N-dealkylation sites (tertiary alicyclic amines) is 1. The number of carboxylic acids is 1. The van der Waals surface area contributed by atoms with Gasteiger partial charge < -0.3 is 19.7 Å². The number of aliphatic carboxylic acids is 1.